The molecule has 218 valence electrons. The predicted octanol–water partition coefficient (Wildman–Crippen LogP) is 2.94. The molecule has 1 N–H and O–H groups in total. The number of anilines is 1. The summed E-state index contributed by atoms with van der Waals surface area (Å²) >= 11 is 0. The summed E-state index contributed by atoms with van der Waals surface area (Å²) in [5.74, 6) is -0.663. The number of ether oxygens (including phenoxy) is 2. The highest BCUT2D eigenvalue weighted by Gasteiger charge is 2.48. The largest absolute Gasteiger partial charge is 0.379 e. The van der Waals surface area contributed by atoms with Gasteiger partial charge in [-0.25, -0.2) is 0 Å². The van der Waals surface area contributed by atoms with Crippen LogP contribution in [0.2, 0.25) is 0 Å². The average molecular weight is 556 g/mol. The molecule has 5 amide bonds. The standard InChI is InChI=1S/C30H41N3O7/c1-21-28(23-5-3-2-4-6-23)30(38)33(29(21)37)16-18-40-20-19-39-17-14-25(34)31-24-10-7-22(8-11-24)9-12-26(35)32-15-13-27(32)36/h7-8,10-11,21,23,28H,2-6,9,12-20H2,1H3,(H,31,34). The average Bonchev–Trinajstić information content (AvgIpc) is 3.16. The SMILES string of the molecule is CC1C(=O)N(CCOCCOCCC(=O)Nc2ccc(CCC(=O)N3CCC3=O)cc2)C(=O)C1C1CCCCC1. The maximum atomic E-state index is 12.9. The lowest BCUT2D eigenvalue weighted by Gasteiger charge is -2.28. The minimum atomic E-state index is -0.248. The van der Waals surface area contributed by atoms with Crippen LogP contribution < -0.4 is 5.32 Å². The fourth-order valence-electron chi connectivity index (χ4n) is 5.81. The monoisotopic (exact) mass is 555 g/mol. The van der Waals surface area contributed by atoms with Gasteiger partial charge in [-0.1, -0.05) is 38.3 Å². The molecule has 0 aromatic heterocycles. The first-order valence-corrected chi connectivity index (χ1v) is 14.6. The second-order valence-corrected chi connectivity index (χ2v) is 10.9. The number of carbonyl (C=O) groups excluding carboxylic acids is 5. The zero-order valence-electron chi connectivity index (χ0n) is 23.4. The van der Waals surface area contributed by atoms with E-state index in [2.05, 4.69) is 5.32 Å². The van der Waals surface area contributed by atoms with Gasteiger partial charge < -0.3 is 14.8 Å². The van der Waals surface area contributed by atoms with Crippen LogP contribution >= 0.6 is 0 Å². The third kappa shape index (κ3) is 7.75. The summed E-state index contributed by atoms with van der Waals surface area (Å²) in [4.78, 5) is 63.7. The van der Waals surface area contributed by atoms with Crippen LogP contribution in [0.15, 0.2) is 24.3 Å². The van der Waals surface area contributed by atoms with Crippen molar-refractivity contribution in [2.45, 2.75) is 64.7 Å². The van der Waals surface area contributed by atoms with Crippen molar-refractivity contribution in [2.24, 2.45) is 17.8 Å². The van der Waals surface area contributed by atoms with Crippen molar-refractivity contribution in [1.82, 2.24) is 9.80 Å². The number of carbonyl (C=O) groups is 5. The number of benzene rings is 1. The third-order valence-corrected chi connectivity index (χ3v) is 8.22. The minimum Gasteiger partial charge on any atom is -0.379 e. The third-order valence-electron chi connectivity index (χ3n) is 8.22. The maximum absolute atomic E-state index is 12.9. The van der Waals surface area contributed by atoms with Crippen LogP contribution in [0.5, 0.6) is 0 Å². The summed E-state index contributed by atoms with van der Waals surface area (Å²) in [5.41, 5.74) is 1.62. The fourth-order valence-corrected chi connectivity index (χ4v) is 5.81. The van der Waals surface area contributed by atoms with Crippen molar-refractivity contribution >= 4 is 35.2 Å². The van der Waals surface area contributed by atoms with Crippen LogP contribution in [-0.4, -0.2) is 78.9 Å². The number of imide groups is 2. The molecule has 1 aliphatic carbocycles. The molecule has 3 aliphatic rings. The van der Waals surface area contributed by atoms with Crippen LogP contribution in [0, 0.1) is 17.8 Å². The lowest BCUT2D eigenvalue weighted by atomic mass is 9.76. The first kappa shape index (κ1) is 29.9. The number of hydrogen-bond acceptors (Lipinski definition) is 7. The van der Waals surface area contributed by atoms with Crippen LogP contribution in [-0.2, 0) is 39.9 Å². The maximum Gasteiger partial charge on any atom is 0.233 e. The number of nitrogens with zero attached hydrogens (tertiary/aromatic N) is 2. The van der Waals surface area contributed by atoms with Gasteiger partial charge in [-0.3, -0.25) is 33.8 Å². The van der Waals surface area contributed by atoms with Gasteiger partial charge in [-0.15, -0.1) is 0 Å². The molecule has 1 aromatic rings. The molecule has 4 rings (SSSR count). The normalized spacial score (nSPS) is 21.6. The molecule has 10 nitrogen and oxygen atoms in total. The molecule has 0 radical (unpaired) electrons. The van der Waals surface area contributed by atoms with E-state index < -0.39 is 0 Å². The second kappa shape index (κ2) is 14.5. The minimum absolute atomic E-state index is 0.0418. The Bertz CT molecular complexity index is 1070. The Morgan fingerprint density at radius 2 is 1.60 bits per heavy atom. The Kier molecular flexibility index (Phi) is 10.8. The highest BCUT2D eigenvalue weighted by molar-refractivity contribution is 6.05. The van der Waals surface area contributed by atoms with E-state index in [-0.39, 0.29) is 74.0 Å². The molecule has 2 heterocycles. The molecule has 2 unspecified atom stereocenters. The lowest BCUT2D eigenvalue weighted by Crippen LogP contribution is -2.47. The summed E-state index contributed by atoms with van der Waals surface area (Å²) in [5, 5.41) is 2.82. The molecule has 40 heavy (non-hydrogen) atoms. The van der Waals surface area contributed by atoms with E-state index in [0.29, 0.717) is 44.2 Å². The summed E-state index contributed by atoms with van der Waals surface area (Å²) in [6.45, 7) is 3.80. The number of likely N-dealkylation sites (tertiary alicyclic amines) is 2. The number of nitrogens with one attached hydrogen (secondary N) is 1. The highest BCUT2D eigenvalue weighted by Crippen LogP contribution is 2.39. The van der Waals surface area contributed by atoms with E-state index in [4.69, 9.17) is 9.47 Å². The number of β-lactam (4-membered cyclic amide) rings is 1. The number of amides is 5. The predicted molar refractivity (Wildman–Crippen MR) is 147 cm³/mol. The number of hydrogen-bond donors (Lipinski definition) is 1. The van der Waals surface area contributed by atoms with Crippen molar-refractivity contribution in [3.63, 3.8) is 0 Å². The Morgan fingerprint density at radius 1 is 0.900 bits per heavy atom. The summed E-state index contributed by atoms with van der Waals surface area (Å²) in [7, 11) is 0. The molecular weight excluding hydrogens is 514 g/mol. The molecule has 3 fully saturated rings. The number of rotatable bonds is 14. The number of aryl methyl sites for hydroxylation is 1. The fraction of sp³-hybridized carbons (Fsp3) is 0.633. The summed E-state index contributed by atoms with van der Waals surface area (Å²) < 4.78 is 11.1. The molecule has 1 saturated carbocycles. The molecule has 2 atom stereocenters. The Hall–Kier alpha value is -3.11. The van der Waals surface area contributed by atoms with Crippen LogP contribution in [0.25, 0.3) is 0 Å². The lowest BCUT2D eigenvalue weighted by molar-refractivity contribution is -0.152. The first-order chi connectivity index (χ1) is 19.3. The Morgan fingerprint density at radius 3 is 2.25 bits per heavy atom. The molecular formula is C30H41N3O7. The van der Waals surface area contributed by atoms with Gasteiger partial charge in [0, 0.05) is 31.0 Å². The molecule has 2 saturated heterocycles. The van der Waals surface area contributed by atoms with Gasteiger partial charge in [-0.05, 0) is 42.9 Å². The van der Waals surface area contributed by atoms with Crippen LogP contribution in [0.1, 0.15) is 63.9 Å². The summed E-state index contributed by atoms with van der Waals surface area (Å²) in [6.07, 6.45) is 7.03. The zero-order chi connectivity index (χ0) is 28.5. The van der Waals surface area contributed by atoms with E-state index in [9.17, 15) is 24.0 Å². The van der Waals surface area contributed by atoms with E-state index in [1.807, 2.05) is 19.1 Å². The van der Waals surface area contributed by atoms with Gasteiger partial charge in [0.05, 0.1) is 45.3 Å². The Labute approximate surface area is 235 Å². The molecule has 10 heteroatoms. The Balaban J connectivity index is 1.04. The van der Waals surface area contributed by atoms with Gasteiger partial charge in [0.2, 0.25) is 29.5 Å². The van der Waals surface area contributed by atoms with Crippen molar-refractivity contribution in [3.05, 3.63) is 29.8 Å². The van der Waals surface area contributed by atoms with Gasteiger partial charge in [-0.2, -0.15) is 0 Å². The van der Waals surface area contributed by atoms with Crippen molar-refractivity contribution in [3.8, 4) is 0 Å². The van der Waals surface area contributed by atoms with Gasteiger partial charge >= 0.3 is 0 Å². The zero-order valence-corrected chi connectivity index (χ0v) is 23.4. The van der Waals surface area contributed by atoms with Gasteiger partial charge in [0.15, 0.2) is 0 Å². The van der Waals surface area contributed by atoms with E-state index in [1.165, 1.54) is 16.2 Å². The second-order valence-electron chi connectivity index (χ2n) is 10.9. The first-order valence-electron chi connectivity index (χ1n) is 14.6. The van der Waals surface area contributed by atoms with Crippen LogP contribution in [0.3, 0.4) is 0 Å². The van der Waals surface area contributed by atoms with Crippen molar-refractivity contribution < 1.29 is 33.4 Å². The van der Waals surface area contributed by atoms with E-state index in [0.717, 1.165) is 31.2 Å². The molecule has 0 spiro atoms. The van der Waals surface area contributed by atoms with Crippen LogP contribution in [0.4, 0.5) is 5.69 Å². The van der Waals surface area contributed by atoms with E-state index in [1.54, 1.807) is 12.1 Å². The molecule has 2 aliphatic heterocycles. The van der Waals surface area contributed by atoms with E-state index >= 15 is 0 Å². The van der Waals surface area contributed by atoms with Gasteiger partial charge in [0.25, 0.3) is 0 Å². The quantitative estimate of drug-likeness (QED) is 0.213. The van der Waals surface area contributed by atoms with Crippen molar-refractivity contribution in [1.29, 1.82) is 0 Å². The smallest absolute Gasteiger partial charge is 0.233 e. The van der Waals surface area contributed by atoms with Gasteiger partial charge in [0.1, 0.15) is 0 Å². The highest BCUT2D eigenvalue weighted by atomic mass is 16.5. The topological polar surface area (TPSA) is 122 Å². The molecule has 0 bridgehead atoms. The molecule has 1 aromatic carbocycles. The van der Waals surface area contributed by atoms with Crippen molar-refractivity contribution in [2.75, 3.05) is 44.8 Å². The summed E-state index contributed by atoms with van der Waals surface area (Å²) in [6, 6.07) is 7.29.